The highest BCUT2D eigenvalue weighted by molar-refractivity contribution is 14.1. The predicted octanol–water partition coefficient (Wildman–Crippen LogP) is 3.21. The van der Waals surface area contributed by atoms with E-state index in [2.05, 4.69) is 28.7 Å². The molecule has 0 amide bonds. The minimum absolute atomic E-state index is 0.0682. The molecule has 2 aromatic rings. The Bertz CT molecular complexity index is 513. The second-order valence-corrected chi connectivity index (χ2v) is 4.59. The lowest BCUT2D eigenvalue weighted by atomic mass is 10.2. The third-order valence-electron chi connectivity index (χ3n) is 2.26. The first kappa shape index (κ1) is 9.71. The molecule has 0 saturated heterocycles. The van der Waals surface area contributed by atoms with Gasteiger partial charge in [0.25, 0.3) is 0 Å². The molecule has 0 radical (unpaired) electrons. The minimum atomic E-state index is 0.0682. The van der Waals surface area contributed by atoms with Crippen molar-refractivity contribution in [1.82, 2.24) is 4.57 Å². The van der Waals surface area contributed by atoms with E-state index in [4.69, 9.17) is 0 Å². The number of fused-ring (bicyclic) bond motifs is 1. The van der Waals surface area contributed by atoms with Gasteiger partial charge < -0.3 is 0 Å². The topological polar surface area (TPSA) is 22.0 Å². The maximum absolute atomic E-state index is 11.4. The number of hydrogen-bond acceptors (Lipinski definition) is 1. The van der Waals surface area contributed by atoms with Crippen molar-refractivity contribution in [2.45, 2.75) is 13.8 Å². The molecule has 1 aromatic carbocycles. The van der Waals surface area contributed by atoms with Crippen molar-refractivity contribution in [2.24, 2.45) is 0 Å². The van der Waals surface area contributed by atoms with Gasteiger partial charge in [-0.2, -0.15) is 0 Å². The van der Waals surface area contributed by atoms with Crippen LogP contribution >= 0.6 is 22.6 Å². The number of aryl methyl sites for hydroxylation is 1. The van der Waals surface area contributed by atoms with E-state index in [1.807, 2.05) is 25.1 Å². The van der Waals surface area contributed by atoms with Crippen LogP contribution in [0.1, 0.15) is 17.4 Å². The number of nitrogens with zero attached hydrogens (tertiary/aromatic N) is 1. The molecule has 1 heterocycles. The van der Waals surface area contributed by atoms with Gasteiger partial charge in [0.05, 0.1) is 5.52 Å². The summed E-state index contributed by atoms with van der Waals surface area (Å²) in [6, 6.07) is 8.13. The second kappa shape index (κ2) is 3.38. The summed E-state index contributed by atoms with van der Waals surface area (Å²) in [7, 11) is 0. The Kier molecular flexibility index (Phi) is 2.34. The third kappa shape index (κ3) is 1.45. The van der Waals surface area contributed by atoms with Gasteiger partial charge in [-0.1, -0.05) is 0 Å². The molecule has 14 heavy (non-hydrogen) atoms. The SMILES string of the molecule is CC(=O)n1c(C)cc2cc(I)ccc21. The maximum Gasteiger partial charge on any atom is 0.228 e. The Morgan fingerprint density at radius 2 is 2.07 bits per heavy atom. The lowest BCUT2D eigenvalue weighted by Gasteiger charge is -2.01. The summed E-state index contributed by atoms with van der Waals surface area (Å²) < 4.78 is 2.93. The molecule has 0 aliphatic rings. The van der Waals surface area contributed by atoms with E-state index in [9.17, 15) is 4.79 Å². The lowest BCUT2D eigenvalue weighted by molar-refractivity contribution is 0.0940. The van der Waals surface area contributed by atoms with Gasteiger partial charge in [0.15, 0.2) is 0 Å². The average Bonchev–Trinajstić information content (AvgIpc) is 2.39. The molecule has 1 aromatic heterocycles. The Balaban J connectivity index is 2.84. The van der Waals surface area contributed by atoms with Gasteiger partial charge in [-0.05, 0) is 53.8 Å². The van der Waals surface area contributed by atoms with Crippen LogP contribution in [0, 0.1) is 10.5 Å². The Morgan fingerprint density at radius 3 is 2.71 bits per heavy atom. The van der Waals surface area contributed by atoms with Crippen molar-refractivity contribution in [2.75, 3.05) is 0 Å². The zero-order valence-electron chi connectivity index (χ0n) is 8.04. The van der Waals surface area contributed by atoms with Gasteiger partial charge in [-0.15, -0.1) is 0 Å². The average molecular weight is 299 g/mol. The number of carbonyl (C=O) groups excluding carboxylic acids is 1. The third-order valence-corrected chi connectivity index (χ3v) is 2.93. The molecule has 0 unspecified atom stereocenters. The predicted molar refractivity (Wildman–Crippen MR) is 65.7 cm³/mol. The van der Waals surface area contributed by atoms with Crippen LogP contribution in [0.2, 0.25) is 0 Å². The van der Waals surface area contributed by atoms with Crippen LogP contribution in [0.5, 0.6) is 0 Å². The lowest BCUT2D eigenvalue weighted by Crippen LogP contribution is -2.06. The number of benzene rings is 1. The number of halogens is 1. The maximum atomic E-state index is 11.4. The van der Waals surface area contributed by atoms with E-state index >= 15 is 0 Å². The summed E-state index contributed by atoms with van der Waals surface area (Å²) in [6.45, 7) is 3.54. The van der Waals surface area contributed by atoms with Gasteiger partial charge >= 0.3 is 0 Å². The van der Waals surface area contributed by atoms with E-state index in [-0.39, 0.29) is 5.91 Å². The van der Waals surface area contributed by atoms with Crippen LogP contribution in [0.3, 0.4) is 0 Å². The summed E-state index contributed by atoms with van der Waals surface area (Å²) in [6.07, 6.45) is 0. The highest BCUT2D eigenvalue weighted by atomic mass is 127. The molecule has 72 valence electrons. The standard InChI is InChI=1S/C11H10INO/c1-7-5-9-6-10(12)3-4-11(9)13(7)8(2)14/h3-6H,1-2H3. The first-order valence-corrected chi connectivity index (χ1v) is 5.46. The number of aromatic nitrogens is 1. The summed E-state index contributed by atoms with van der Waals surface area (Å²) in [4.78, 5) is 11.4. The van der Waals surface area contributed by atoms with E-state index < -0.39 is 0 Å². The molecule has 2 rings (SSSR count). The van der Waals surface area contributed by atoms with Crippen molar-refractivity contribution >= 4 is 39.4 Å². The molecule has 0 aliphatic carbocycles. The molecule has 0 saturated carbocycles. The van der Waals surface area contributed by atoms with E-state index in [1.54, 1.807) is 11.5 Å². The van der Waals surface area contributed by atoms with Gasteiger partial charge in [-0.25, -0.2) is 0 Å². The second-order valence-electron chi connectivity index (χ2n) is 3.34. The number of hydrogen-bond donors (Lipinski definition) is 0. The van der Waals surface area contributed by atoms with E-state index in [1.165, 1.54) is 3.57 Å². The molecular formula is C11H10INO. The summed E-state index contributed by atoms with van der Waals surface area (Å²) in [5, 5.41) is 1.13. The zero-order valence-corrected chi connectivity index (χ0v) is 10.2. The highest BCUT2D eigenvalue weighted by Crippen LogP contribution is 2.21. The van der Waals surface area contributed by atoms with Crippen LogP contribution < -0.4 is 0 Å². The van der Waals surface area contributed by atoms with Crippen LogP contribution in [0.25, 0.3) is 10.9 Å². The molecule has 0 spiro atoms. The molecule has 0 fully saturated rings. The smallest absolute Gasteiger partial charge is 0.228 e. The van der Waals surface area contributed by atoms with Gasteiger partial charge in [0.1, 0.15) is 0 Å². The Hall–Kier alpha value is -0.840. The first-order valence-electron chi connectivity index (χ1n) is 4.38. The fourth-order valence-corrected chi connectivity index (χ4v) is 2.26. The van der Waals surface area contributed by atoms with Crippen LogP contribution in [0.4, 0.5) is 0 Å². The van der Waals surface area contributed by atoms with Crippen molar-refractivity contribution in [3.8, 4) is 0 Å². The molecular weight excluding hydrogens is 289 g/mol. The van der Waals surface area contributed by atoms with Crippen molar-refractivity contribution < 1.29 is 4.79 Å². The van der Waals surface area contributed by atoms with Crippen LogP contribution in [-0.4, -0.2) is 10.5 Å². The molecule has 0 aliphatic heterocycles. The van der Waals surface area contributed by atoms with Crippen molar-refractivity contribution in [3.63, 3.8) is 0 Å². The Labute approximate surface area is 96.1 Å². The van der Waals surface area contributed by atoms with E-state index in [0.717, 1.165) is 16.6 Å². The summed E-state index contributed by atoms with van der Waals surface area (Å²) in [5.74, 6) is 0.0682. The van der Waals surface area contributed by atoms with Crippen molar-refractivity contribution in [1.29, 1.82) is 0 Å². The Morgan fingerprint density at radius 1 is 1.36 bits per heavy atom. The largest absolute Gasteiger partial charge is 0.285 e. The van der Waals surface area contributed by atoms with Crippen LogP contribution in [-0.2, 0) is 0 Å². The number of carbonyl (C=O) groups is 1. The monoisotopic (exact) mass is 299 g/mol. The van der Waals surface area contributed by atoms with Gasteiger partial charge in [0, 0.05) is 21.6 Å². The fourth-order valence-electron chi connectivity index (χ4n) is 1.74. The van der Waals surface area contributed by atoms with Crippen LogP contribution in [0.15, 0.2) is 24.3 Å². The van der Waals surface area contributed by atoms with E-state index in [0.29, 0.717) is 0 Å². The van der Waals surface area contributed by atoms with Gasteiger partial charge in [-0.3, -0.25) is 9.36 Å². The first-order chi connectivity index (χ1) is 6.59. The van der Waals surface area contributed by atoms with Gasteiger partial charge in [0.2, 0.25) is 5.91 Å². The normalized spacial score (nSPS) is 10.8. The summed E-state index contributed by atoms with van der Waals surface area (Å²) >= 11 is 2.27. The summed E-state index contributed by atoms with van der Waals surface area (Å²) in [5.41, 5.74) is 1.99. The molecule has 0 N–H and O–H groups in total. The number of rotatable bonds is 0. The highest BCUT2D eigenvalue weighted by Gasteiger charge is 2.08. The fraction of sp³-hybridized carbons (Fsp3) is 0.182. The quantitative estimate of drug-likeness (QED) is 0.685. The molecule has 3 heteroatoms. The zero-order chi connectivity index (χ0) is 10.3. The minimum Gasteiger partial charge on any atom is -0.285 e. The molecule has 0 atom stereocenters. The molecule has 2 nitrogen and oxygen atoms in total. The van der Waals surface area contributed by atoms with Crippen molar-refractivity contribution in [3.05, 3.63) is 33.5 Å². The molecule has 0 bridgehead atoms.